The van der Waals surface area contributed by atoms with Crippen molar-refractivity contribution in [2.75, 3.05) is 13.2 Å². The van der Waals surface area contributed by atoms with Gasteiger partial charge in [-0.15, -0.1) is 0 Å². The zero-order chi connectivity index (χ0) is 24.2. The molecule has 0 heterocycles. The fourth-order valence-electron chi connectivity index (χ4n) is 3.84. The van der Waals surface area contributed by atoms with Crippen LogP contribution in [0.3, 0.4) is 0 Å². The Bertz CT molecular complexity index is 405. The Morgan fingerprint density at radius 2 is 0.618 bits per heavy atom. The first-order chi connectivity index (χ1) is 15.4. The second-order valence-electron chi connectivity index (χ2n) is 9.09. The number of ether oxygens (including phenoxy) is 1. The molecule has 0 radical (unpaired) electrons. The molecule has 5 nitrogen and oxygen atoms in total. The first-order valence-corrected chi connectivity index (χ1v) is 15.0. The number of hydrogen-bond acceptors (Lipinski definition) is 5. The van der Waals surface area contributed by atoms with Crippen LogP contribution in [0.25, 0.3) is 0 Å². The summed E-state index contributed by atoms with van der Waals surface area (Å²) >= 11 is 0. The van der Waals surface area contributed by atoms with Gasteiger partial charge in [0, 0.05) is 23.6 Å². The predicted octanol–water partition coefficient (Wildman–Crippen LogP) is 2.30. The van der Waals surface area contributed by atoms with E-state index in [0.717, 1.165) is 13.2 Å². The molecule has 0 aliphatic rings. The average molecular weight is 525 g/mol. The summed E-state index contributed by atoms with van der Waals surface area (Å²) in [6, 6.07) is 0. The van der Waals surface area contributed by atoms with Crippen LogP contribution in [0.1, 0.15) is 155 Å². The maximum atomic E-state index is 8.52. The van der Waals surface area contributed by atoms with Gasteiger partial charge >= 0.3 is 59.1 Å². The van der Waals surface area contributed by atoms with Crippen LogP contribution >= 0.6 is 0 Å². The van der Waals surface area contributed by atoms with Gasteiger partial charge < -0.3 is 13.8 Å². The maximum Gasteiger partial charge on any atom is 1.00 e. The topological polar surface area (TPSA) is 89.5 Å². The Morgan fingerprint density at radius 3 is 0.824 bits per heavy atom. The van der Waals surface area contributed by atoms with Crippen LogP contribution in [0.15, 0.2) is 0 Å². The van der Waals surface area contributed by atoms with Crippen molar-refractivity contribution in [2.45, 2.75) is 155 Å². The molecule has 0 spiro atoms. The minimum atomic E-state index is -5.17. The Morgan fingerprint density at radius 1 is 0.441 bits per heavy atom. The zero-order valence-corrected chi connectivity index (χ0v) is 28.2. The monoisotopic (exact) mass is 524 g/mol. The molecule has 0 unspecified atom stereocenters. The first kappa shape index (κ1) is 42.9. The second kappa shape index (κ2) is 37.0. The van der Waals surface area contributed by atoms with Crippen molar-refractivity contribution >= 4 is 10.4 Å². The molecule has 0 aromatic heterocycles. The molecule has 34 heavy (non-hydrogen) atoms. The van der Waals surface area contributed by atoms with Crippen LogP contribution in [0.2, 0.25) is 0 Å². The van der Waals surface area contributed by atoms with Crippen molar-refractivity contribution in [2.24, 2.45) is 0 Å². The largest absolute Gasteiger partial charge is 1.00 e. The van der Waals surface area contributed by atoms with Crippen LogP contribution in [0.5, 0.6) is 0 Å². The third-order valence-electron chi connectivity index (χ3n) is 5.78. The summed E-state index contributed by atoms with van der Waals surface area (Å²) in [5, 5.41) is 0. The average Bonchev–Trinajstić information content (AvgIpc) is 2.73. The normalized spacial score (nSPS) is 10.7. The van der Waals surface area contributed by atoms with Gasteiger partial charge in [0.25, 0.3) is 0 Å². The molecule has 0 saturated carbocycles. The number of hydrogen-bond donors (Lipinski definition) is 0. The summed E-state index contributed by atoms with van der Waals surface area (Å²) in [5.41, 5.74) is 0. The molecule has 0 N–H and O–H groups in total. The van der Waals surface area contributed by atoms with Crippen molar-refractivity contribution in [3.8, 4) is 0 Å². The van der Waals surface area contributed by atoms with Gasteiger partial charge in [-0.1, -0.05) is 142 Å². The summed E-state index contributed by atoms with van der Waals surface area (Å²) in [6.07, 6.45) is 31.1. The van der Waals surface area contributed by atoms with Crippen molar-refractivity contribution < 1.29 is 81.4 Å². The predicted molar refractivity (Wildman–Crippen MR) is 134 cm³/mol. The summed E-state index contributed by atoms with van der Waals surface area (Å²) in [7, 11) is -5.17. The molecule has 196 valence electrons. The van der Waals surface area contributed by atoms with E-state index in [2.05, 4.69) is 13.8 Å². The van der Waals surface area contributed by atoms with E-state index in [9.17, 15) is 0 Å². The Hall–Kier alpha value is 1.83. The molecule has 0 rings (SSSR count). The van der Waals surface area contributed by atoms with Crippen molar-refractivity contribution in [3.05, 3.63) is 0 Å². The maximum absolute atomic E-state index is 8.52. The fourth-order valence-corrected chi connectivity index (χ4v) is 3.84. The molecule has 0 bridgehead atoms. The molecule has 0 fully saturated rings. The van der Waals surface area contributed by atoms with Gasteiger partial charge in [0.15, 0.2) is 0 Å². The Balaban J connectivity index is -0.000000578. The summed E-state index contributed by atoms with van der Waals surface area (Å²) in [6.45, 7) is 6.58. The smallest absolute Gasteiger partial charge is 0.759 e. The van der Waals surface area contributed by atoms with E-state index in [1.54, 1.807) is 0 Å². The van der Waals surface area contributed by atoms with E-state index < -0.39 is 10.4 Å². The molecule has 0 aliphatic heterocycles. The molecule has 0 saturated heterocycles. The van der Waals surface area contributed by atoms with E-state index in [1.165, 1.54) is 141 Å². The summed E-state index contributed by atoms with van der Waals surface area (Å²) in [4.78, 5) is 0. The van der Waals surface area contributed by atoms with Crippen LogP contribution in [-0.4, -0.2) is 30.7 Å². The van der Waals surface area contributed by atoms with Gasteiger partial charge in [-0.05, 0) is 12.8 Å². The molecule has 0 aliphatic carbocycles. The molecular formula is C26H54Na2O5S. The first-order valence-electron chi connectivity index (χ1n) is 13.7. The molecule has 0 aromatic carbocycles. The van der Waals surface area contributed by atoms with Gasteiger partial charge in [-0.3, -0.25) is 8.42 Å². The zero-order valence-electron chi connectivity index (χ0n) is 23.4. The molecule has 0 aromatic rings. The van der Waals surface area contributed by atoms with Crippen molar-refractivity contribution in [1.82, 2.24) is 0 Å². The summed E-state index contributed by atoms with van der Waals surface area (Å²) in [5.74, 6) is 0. The molecular weight excluding hydrogens is 470 g/mol. The fraction of sp³-hybridized carbons (Fsp3) is 1.00. The summed E-state index contributed by atoms with van der Waals surface area (Å²) < 4.78 is 39.9. The van der Waals surface area contributed by atoms with E-state index in [-0.39, 0.29) is 59.1 Å². The van der Waals surface area contributed by atoms with E-state index in [1.807, 2.05) is 0 Å². The van der Waals surface area contributed by atoms with Crippen LogP contribution in [0.4, 0.5) is 0 Å². The second-order valence-corrected chi connectivity index (χ2v) is 9.91. The van der Waals surface area contributed by atoms with E-state index in [0.29, 0.717) is 0 Å². The number of rotatable bonds is 24. The van der Waals surface area contributed by atoms with E-state index >= 15 is 0 Å². The Labute approximate surface area is 257 Å². The standard InChI is InChI=1S/C26H54O.2Na.H2O4S/c1-3-5-7-9-11-13-15-17-19-21-23-25-27-26-24-22-20-18-16-14-12-10-8-6-4-2;;;1-5(2,3)4/h3-26H2,1-2H3;;;(H2,1,2,3,4)/q;2*+1;/p-2. The third kappa shape index (κ3) is 54.7. The van der Waals surface area contributed by atoms with Crippen molar-refractivity contribution in [3.63, 3.8) is 0 Å². The SMILES string of the molecule is CCCCCCCCCCCCCOCCCCCCCCCCCCC.O=S(=O)([O-])[O-].[Na+].[Na+]. The van der Waals surface area contributed by atoms with Crippen molar-refractivity contribution in [1.29, 1.82) is 0 Å². The minimum absolute atomic E-state index is 0. The Kier molecular flexibility index (Phi) is 46.7. The molecule has 8 heteroatoms. The van der Waals surface area contributed by atoms with Crippen LogP contribution in [0, 0.1) is 0 Å². The van der Waals surface area contributed by atoms with Crippen LogP contribution in [-0.2, 0) is 15.1 Å². The van der Waals surface area contributed by atoms with Gasteiger partial charge in [0.05, 0.1) is 0 Å². The third-order valence-corrected chi connectivity index (χ3v) is 5.78. The van der Waals surface area contributed by atoms with E-state index in [4.69, 9.17) is 22.3 Å². The van der Waals surface area contributed by atoms with Gasteiger partial charge in [0.2, 0.25) is 0 Å². The number of unbranched alkanes of at least 4 members (excludes halogenated alkanes) is 20. The molecule has 0 amide bonds. The van der Waals surface area contributed by atoms with Gasteiger partial charge in [-0.2, -0.15) is 0 Å². The van der Waals surface area contributed by atoms with Gasteiger partial charge in [-0.25, -0.2) is 0 Å². The van der Waals surface area contributed by atoms with Crippen LogP contribution < -0.4 is 59.1 Å². The molecule has 0 atom stereocenters. The quantitative estimate of drug-likeness (QED) is 0.0837. The minimum Gasteiger partial charge on any atom is -0.759 e. The van der Waals surface area contributed by atoms with Gasteiger partial charge in [0.1, 0.15) is 0 Å².